The Labute approximate surface area is 313 Å². The zero-order valence-corrected chi connectivity index (χ0v) is 31.0. The van der Waals surface area contributed by atoms with Crippen molar-refractivity contribution in [2.75, 3.05) is 9.80 Å². The summed E-state index contributed by atoms with van der Waals surface area (Å²) in [4.78, 5) is 4.74. The maximum absolute atomic E-state index is 2.50. The van der Waals surface area contributed by atoms with Gasteiger partial charge in [0.1, 0.15) is 8.07 Å². The van der Waals surface area contributed by atoms with E-state index in [0.717, 1.165) is 34.1 Å². The first-order valence-electron chi connectivity index (χ1n) is 18.4. The van der Waals surface area contributed by atoms with E-state index in [1.54, 1.807) is 0 Å². The van der Waals surface area contributed by atoms with E-state index in [1.165, 1.54) is 43.8 Å². The standard InChI is InChI=1S/C50H40N2Si/c1-53(2)49-33-31-37(43-27-15-17-29-47(43)51(39-19-7-3-8-20-39)40-21-9-4-10-22-40)35-45(49)46-36-38(32-34-50(46)53)44-28-16-18-30-48(44)52(41-23-11-5-12-24-41)42-25-13-6-14-26-42/h3-36H,1-2H3. The van der Waals surface area contributed by atoms with Crippen LogP contribution in [0.15, 0.2) is 206 Å². The number of benzene rings is 8. The highest BCUT2D eigenvalue weighted by atomic mass is 28.3. The van der Waals surface area contributed by atoms with Gasteiger partial charge in [-0.05, 0) is 105 Å². The number of hydrogen-bond donors (Lipinski definition) is 0. The summed E-state index contributed by atoms with van der Waals surface area (Å²) in [5.41, 5.74) is 14.4. The van der Waals surface area contributed by atoms with Crippen molar-refractivity contribution < 1.29 is 0 Å². The van der Waals surface area contributed by atoms with Crippen LogP contribution in [0.5, 0.6) is 0 Å². The molecule has 8 aromatic carbocycles. The number of rotatable bonds is 8. The van der Waals surface area contributed by atoms with Crippen LogP contribution < -0.4 is 20.2 Å². The van der Waals surface area contributed by atoms with E-state index in [1.807, 2.05) is 0 Å². The second-order valence-electron chi connectivity index (χ2n) is 14.2. The van der Waals surface area contributed by atoms with Crippen LogP contribution in [-0.4, -0.2) is 8.07 Å². The van der Waals surface area contributed by atoms with Gasteiger partial charge in [0.15, 0.2) is 0 Å². The van der Waals surface area contributed by atoms with Crippen molar-refractivity contribution in [1.29, 1.82) is 0 Å². The molecule has 53 heavy (non-hydrogen) atoms. The van der Waals surface area contributed by atoms with E-state index in [2.05, 4.69) is 229 Å². The summed E-state index contributed by atoms with van der Waals surface area (Å²) < 4.78 is 0. The lowest BCUT2D eigenvalue weighted by molar-refractivity contribution is 1.28. The van der Waals surface area contributed by atoms with Gasteiger partial charge in [-0.15, -0.1) is 0 Å². The van der Waals surface area contributed by atoms with Crippen molar-refractivity contribution in [2.45, 2.75) is 13.1 Å². The topological polar surface area (TPSA) is 6.48 Å². The Morgan fingerprint density at radius 2 is 0.604 bits per heavy atom. The Kier molecular flexibility index (Phi) is 8.34. The minimum atomic E-state index is -1.93. The van der Waals surface area contributed by atoms with Gasteiger partial charge in [0, 0.05) is 33.9 Å². The normalized spacial score (nSPS) is 12.5. The summed E-state index contributed by atoms with van der Waals surface area (Å²) in [7, 11) is -1.93. The third-order valence-electron chi connectivity index (χ3n) is 10.6. The lowest BCUT2D eigenvalue weighted by Gasteiger charge is -2.28. The van der Waals surface area contributed by atoms with E-state index < -0.39 is 8.07 Å². The highest BCUT2D eigenvalue weighted by Crippen LogP contribution is 2.44. The summed E-state index contributed by atoms with van der Waals surface area (Å²) in [6.07, 6.45) is 0. The molecule has 0 unspecified atom stereocenters. The molecule has 8 aromatic rings. The molecule has 0 saturated carbocycles. The zero-order valence-electron chi connectivity index (χ0n) is 30.0. The maximum Gasteiger partial charge on any atom is 0.113 e. The fraction of sp³-hybridized carbons (Fsp3) is 0.0400. The second-order valence-corrected chi connectivity index (χ2v) is 18.5. The number of nitrogens with zero attached hydrogens (tertiary/aromatic N) is 2. The number of hydrogen-bond acceptors (Lipinski definition) is 2. The van der Waals surface area contributed by atoms with Crippen molar-refractivity contribution in [3.05, 3.63) is 206 Å². The van der Waals surface area contributed by atoms with E-state index in [9.17, 15) is 0 Å². The van der Waals surface area contributed by atoms with Gasteiger partial charge >= 0.3 is 0 Å². The average Bonchev–Trinajstić information content (AvgIpc) is 3.45. The molecule has 0 aliphatic carbocycles. The number of fused-ring (bicyclic) bond motifs is 3. The first-order chi connectivity index (χ1) is 26.1. The van der Waals surface area contributed by atoms with Gasteiger partial charge < -0.3 is 9.80 Å². The molecule has 0 atom stereocenters. The third kappa shape index (κ3) is 5.86. The predicted octanol–water partition coefficient (Wildman–Crippen LogP) is 12.8. The van der Waals surface area contributed by atoms with E-state index in [0.29, 0.717) is 0 Å². The first-order valence-corrected chi connectivity index (χ1v) is 21.4. The lowest BCUT2D eigenvalue weighted by atomic mass is 9.94. The summed E-state index contributed by atoms with van der Waals surface area (Å²) in [6.45, 7) is 5.00. The van der Waals surface area contributed by atoms with Gasteiger partial charge in [-0.1, -0.05) is 147 Å². The van der Waals surface area contributed by atoms with Gasteiger partial charge in [0.05, 0.1) is 11.4 Å². The molecule has 0 N–H and O–H groups in total. The lowest BCUT2D eigenvalue weighted by Crippen LogP contribution is -2.49. The van der Waals surface area contributed by atoms with Crippen molar-refractivity contribution >= 4 is 52.6 Å². The molecule has 1 aliphatic heterocycles. The fourth-order valence-electron chi connectivity index (χ4n) is 8.09. The van der Waals surface area contributed by atoms with Crippen LogP contribution in [0.2, 0.25) is 13.1 Å². The Hall–Kier alpha value is -6.42. The summed E-state index contributed by atoms with van der Waals surface area (Å²) in [5.74, 6) is 0. The van der Waals surface area contributed by atoms with Crippen LogP contribution in [0.25, 0.3) is 33.4 Å². The molecule has 1 heterocycles. The van der Waals surface area contributed by atoms with Crippen molar-refractivity contribution in [3.63, 3.8) is 0 Å². The number of anilines is 6. The van der Waals surface area contributed by atoms with Gasteiger partial charge in [0.2, 0.25) is 0 Å². The molecule has 254 valence electrons. The molecule has 0 bridgehead atoms. The Morgan fingerprint density at radius 1 is 0.302 bits per heavy atom. The van der Waals surface area contributed by atoms with Gasteiger partial charge in [0.25, 0.3) is 0 Å². The smallest absolute Gasteiger partial charge is 0.113 e. The third-order valence-corrected chi connectivity index (χ3v) is 14.2. The van der Waals surface area contributed by atoms with E-state index in [4.69, 9.17) is 0 Å². The minimum Gasteiger partial charge on any atom is -0.310 e. The molecule has 0 spiro atoms. The Morgan fingerprint density at radius 3 is 0.943 bits per heavy atom. The van der Waals surface area contributed by atoms with Crippen LogP contribution in [0, 0.1) is 0 Å². The summed E-state index contributed by atoms with van der Waals surface area (Å²) in [5, 5.41) is 3.00. The number of para-hydroxylation sites is 6. The van der Waals surface area contributed by atoms with Crippen LogP contribution in [0.3, 0.4) is 0 Å². The van der Waals surface area contributed by atoms with Crippen LogP contribution in [0.1, 0.15) is 0 Å². The van der Waals surface area contributed by atoms with E-state index in [-0.39, 0.29) is 0 Å². The fourth-order valence-corrected chi connectivity index (χ4v) is 11.1. The molecule has 9 rings (SSSR count). The van der Waals surface area contributed by atoms with Crippen LogP contribution in [0.4, 0.5) is 34.1 Å². The SMILES string of the molecule is C[Si]1(C)c2ccc(-c3ccccc3N(c3ccccc3)c3ccccc3)cc2-c2cc(-c3ccccc3N(c3ccccc3)c3ccccc3)ccc21. The average molecular weight is 697 g/mol. The molecule has 0 radical (unpaired) electrons. The molecule has 3 heteroatoms. The van der Waals surface area contributed by atoms with Crippen molar-refractivity contribution in [3.8, 4) is 33.4 Å². The Balaban J connectivity index is 1.18. The molecule has 1 aliphatic rings. The monoisotopic (exact) mass is 696 g/mol. The van der Waals surface area contributed by atoms with Gasteiger partial charge in [-0.2, -0.15) is 0 Å². The minimum absolute atomic E-state index is 1.13. The van der Waals surface area contributed by atoms with Gasteiger partial charge in [-0.3, -0.25) is 0 Å². The molecule has 0 aromatic heterocycles. The largest absolute Gasteiger partial charge is 0.310 e. The molecule has 0 fully saturated rings. The van der Waals surface area contributed by atoms with E-state index >= 15 is 0 Å². The van der Waals surface area contributed by atoms with Crippen LogP contribution in [-0.2, 0) is 0 Å². The molecule has 0 saturated heterocycles. The molecule has 2 nitrogen and oxygen atoms in total. The summed E-state index contributed by atoms with van der Waals surface area (Å²) >= 11 is 0. The van der Waals surface area contributed by atoms with Crippen LogP contribution >= 0.6 is 0 Å². The highest BCUT2D eigenvalue weighted by Gasteiger charge is 2.38. The first kappa shape index (κ1) is 32.5. The molecular weight excluding hydrogens is 657 g/mol. The zero-order chi connectivity index (χ0) is 35.8. The highest BCUT2D eigenvalue weighted by molar-refractivity contribution is 7.03. The summed E-state index contributed by atoms with van der Waals surface area (Å²) in [6, 6.07) is 74.8. The van der Waals surface area contributed by atoms with Gasteiger partial charge in [-0.25, -0.2) is 0 Å². The molecular formula is C50H40N2Si. The Bertz CT molecular complexity index is 2270. The quantitative estimate of drug-likeness (QED) is 0.146. The maximum atomic E-state index is 2.50. The predicted molar refractivity (Wildman–Crippen MR) is 229 cm³/mol. The second kappa shape index (κ2) is 13.6. The van der Waals surface area contributed by atoms with Crippen molar-refractivity contribution in [2.24, 2.45) is 0 Å². The van der Waals surface area contributed by atoms with Crippen molar-refractivity contribution in [1.82, 2.24) is 0 Å². The molecule has 0 amide bonds.